The Morgan fingerprint density at radius 2 is 2.04 bits per heavy atom. The molecule has 0 saturated carbocycles. The second-order valence-electron chi connectivity index (χ2n) is 8.14. The number of benzene rings is 1. The number of cyclic esters (lactones) is 1. The molecule has 0 aliphatic carbocycles. The predicted molar refractivity (Wildman–Crippen MR) is 109 cm³/mol. The highest BCUT2D eigenvalue weighted by Crippen LogP contribution is 2.28. The summed E-state index contributed by atoms with van der Waals surface area (Å²) in [5, 5.41) is 0.728. The van der Waals surface area contributed by atoms with E-state index >= 15 is 0 Å². The first kappa shape index (κ1) is 20.9. The molecule has 2 aliphatic heterocycles. The summed E-state index contributed by atoms with van der Waals surface area (Å²) in [6.45, 7) is 6.88. The van der Waals surface area contributed by atoms with E-state index in [1.165, 1.54) is 5.57 Å². The number of rotatable bonds is 6. The van der Waals surface area contributed by atoms with Crippen molar-refractivity contribution >= 4 is 29.1 Å². The van der Waals surface area contributed by atoms with E-state index in [0.29, 0.717) is 19.4 Å². The highest BCUT2D eigenvalue weighted by atomic mass is 35.5. The second-order valence-corrected chi connectivity index (χ2v) is 8.58. The number of nitrogens with zero attached hydrogens (tertiary/aromatic N) is 1. The third kappa shape index (κ3) is 5.36. The first-order valence-electron chi connectivity index (χ1n) is 9.87. The lowest BCUT2D eigenvalue weighted by molar-refractivity contribution is -0.161. The summed E-state index contributed by atoms with van der Waals surface area (Å²) in [5.74, 6) is -0.800. The number of amides is 1. The maximum Gasteiger partial charge on any atom is 0.337 e. The predicted octanol–water partition coefficient (Wildman–Crippen LogP) is 4.44. The van der Waals surface area contributed by atoms with E-state index < -0.39 is 11.9 Å². The Morgan fingerprint density at radius 1 is 1.32 bits per heavy atom. The molecule has 0 aromatic heterocycles. The zero-order valence-corrected chi connectivity index (χ0v) is 17.5. The molecule has 5 nitrogen and oxygen atoms in total. The molecule has 1 fully saturated rings. The maximum atomic E-state index is 12.6. The lowest BCUT2D eigenvalue weighted by atomic mass is 9.97. The first-order chi connectivity index (χ1) is 13.2. The number of hydrogen-bond donors (Lipinski definition) is 0. The Morgan fingerprint density at radius 3 is 2.61 bits per heavy atom. The zero-order valence-electron chi connectivity index (χ0n) is 16.7. The highest BCUT2D eigenvalue weighted by molar-refractivity contribution is 6.30. The summed E-state index contributed by atoms with van der Waals surface area (Å²) in [4.78, 5) is 26.3. The molecule has 0 bridgehead atoms. The van der Waals surface area contributed by atoms with Gasteiger partial charge in [-0.2, -0.15) is 0 Å². The average Bonchev–Trinajstić information content (AvgIpc) is 2.92. The van der Waals surface area contributed by atoms with Crippen LogP contribution in [0.2, 0.25) is 5.02 Å². The van der Waals surface area contributed by atoms with Crippen LogP contribution in [-0.2, 0) is 19.1 Å². The van der Waals surface area contributed by atoms with Crippen LogP contribution in [0.4, 0.5) is 0 Å². The van der Waals surface area contributed by atoms with Gasteiger partial charge in [0, 0.05) is 38.4 Å². The monoisotopic (exact) mass is 405 g/mol. The van der Waals surface area contributed by atoms with Gasteiger partial charge in [0.25, 0.3) is 0 Å². The summed E-state index contributed by atoms with van der Waals surface area (Å²) >= 11 is 5.95. The number of halogens is 1. The van der Waals surface area contributed by atoms with E-state index in [4.69, 9.17) is 21.1 Å². The zero-order chi connectivity index (χ0) is 20.3. The molecular formula is C22H28ClNO4. The van der Waals surface area contributed by atoms with Gasteiger partial charge in [-0.05, 0) is 48.4 Å². The van der Waals surface area contributed by atoms with E-state index in [1.54, 1.807) is 13.8 Å². The van der Waals surface area contributed by atoms with Crippen LogP contribution < -0.4 is 0 Å². The standard InChI is InChI=1S/C22H28ClNO4/c1-15(4-9-19-21(26)28-22(2,3)27-19)14-20(25)24-12-10-17(11-13-24)16-5-7-18(23)8-6-16/h5-8,10,15,19H,4,9,11-14H2,1-3H3/t15?,19-/m0/s1. The van der Waals surface area contributed by atoms with Gasteiger partial charge < -0.3 is 14.4 Å². The average molecular weight is 406 g/mol. The number of carbonyl (C=O) groups is 2. The molecular weight excluding hydrogens is 378 g/mol. The minimum Gasteiger partial charge on any atom is -0.432 e. The molecule has 1 aromatic rings. The molecule has 0 spiro atoms. The van der Waals surface area contributed by atoms with Gasteiger partial charge in [-0.3, -0.25) is 4.79 Å². The van der Waals surface area contributed by atoms with E-state index in [9.17, 15) is 9.59 Å². The normalized spacial score (nSPS) is 22.6. The van der Waals surface area contributed by atoms with Crippen molar-refractivity contribution in [1.29, 1.82) is 0 Å². The van der Waals surface area contributed by atoms with Crippen LogP contribution in [0.1, 0.15) is 52.0 Å². The van der Waals surface area contributed by atoms with Crippen molar-refractivity contribution in [2.24, 2.45) is 5.92 Å². The van der Waals surface area contributed by atoms with Gasteiger partial charge in [-0.1, -0.05) is 36.7 Å². The van der Waals surface area contributed by atoms with Crippen LogP contribution in [0.5, 0.6) is 0 Å². The van der Waals surface area contributed by atoms with Crippen molar-refractivity contribution in [3.05, 3.63) is 40.9 Å². The van der Waals surface area contributed by atoms with Gasteiger partial charge in [0.1, 0.15) is 0 Å². The largest absolute Gasteiger partial charge is 0.432 e. The third-order valence-corrected chi connectivity index (χ3v) is 5.51. The topological polar surface area (TPSA) is 55.8 Å². The fourth-order valence-electron chi connectivity index (χ4n) is 3.69. The summed E-state index contributed by atoms with van der Waals surface area (Å²) in [5.41, 5.74) is 2.42. The van der Waals surface area contributed by atoms with Gasteiger partial charge in [-0.25, -0.2) is 4.79 Å². The molecule has 0 radical (unpaired) electrons. The molecule has 28 heavy (non-hydrogen) atoms. The Kier molecular flexibility index (Phi) is 6.46. The fraction of sp³-hybridized carbons (Fsp3) is 0.545. The number of carbonyl (C=O) groups excluding carboxylic acids is 2. The maximum absolute atomic E-state index is 12.6. The van der Waals surface area contributed by atoms with Crippen LogP contribution in [0, 0.1) is 5.92 Å². The van der Waals surface area contributed by atoms with Crippen molar-refractivity contribution in [2.75, 3.05) is 13.1 Å². The molecule has 3 rings (SSSR count). The summed E-state index contributed by atoms with van der Waals surface area (Å²) in [6, 6.07) is 7.82. The lowest BCUT2D eigenvalue weighted by Crippen LogP contribution is -2.35. The van der Waals surface area contributed by atoms with E-state index in [-0.39, 0.29) is 17.8 Å². The van der Waals surface area contributed by atoms with Crippen molar-refractivity contribution in [1.82, 2.24) is 4.90 Å². The van der Waals surface area contributed by atoms with Crippen molar-refractivity contribution in [3.63, 3.8) is 0 Å². The SMILES string of the molecule is CC(CC[C@@H]1OC(C)(C)OC1=O)CC(=O)N1CC=C(c2ccc(Cl)cc2)CC1. The Labute approximate surface area is 171 Å². The van der Waals surface area contributed by atoms with Crippen LogP contribution in [0.3, 0.4) is 0 Å². The van der Waals surface area contributed by atoms with Crippen molar-refractivity contribution in [3.8, 4) is 0 Å². The lowest BCUT2D eigenvalue weighted by Gasteiger charge is -2.28. The number of ether oxygens (including phenoxy) is 2. The second kappa shape index (κ2) is 8.66. The Balaban J connectivity index is 1.45. The molecule has 2 aliphatic rings. The molecule has 1 aromatic carbocycles. The first-order valence-corrected chi connectivity index (χ1v) is 10.2. The molecule has 1 unspecified atom stereocenters. The minimum atomic E-state index is -0.845. The summed E-state index contributed by atoms with van der Waals surface area (Å²) < 4.78 is 10.8. The van der Waals surface area contributed by atoms with E-state index in [1.807, 2.05) is 36.1 Å². The van der Waals surface area contributed by atoms with Crippen LogP contribution in [0.15, 0.2) is 30.3 Å². The Hall–Kier alpha value is -1.85. The third-order valence-electron chi connectivity index (χ3n) is 5.26. The van der Waals surface area contributed by atoms with E-state index in [2.05, 4.69) is 6.08 Å². The van der Waals surface area contributed by atoms with Gasteiger partial charge in [0.2, 0.25) is 11.7 Å². The van der Waals surface area contributed by atoms with Crippen LogP contribution >= 0.6 is 11.6 Å². The highest BCUT2D eigenvalue weighted by Gasteiger charge is 2.40. The molecule has 2 atom stereocenters. The summed E-state index contributed by atoms with van der Waals surface area (Å²) in [7, 11) is 0. The van der Waals surface area contributed by atoms with E-state index in [0.717, 1.165) is 30.0 Å². The molecule has 2 heterocycles. The van der Waals surface area contributed by atoms with Crippen LogP contribution in [0.25, 0.3) is 5.57 Å². The van der Waals surface area contributed by atoms with Gasteiger partial charge in [0.15, 0.2) is 6.10 Å². The molecule has 1 saturated heterocycles. The quantitative estimate of drug-likeness (QED) is 0.656. The Bertz CT molecular complexity index is 756. The summed E-state index contributed by atoms with van der Waals surface area (Å²) in [6.07, 6.45) is 4.26. The van der Waals surface area contributed by atoms with Crippen molar-refractivity contribution < 1.29 is 19.1 Å². The molecule has 6 heteroatoms. The van der Waals surface area contributed by atoms with Crippen LogP contribution in [-0.4, -0.2) is 41.8 Å². The fourth-order valence-corrected chi connectivity index (χ4v) is 3.81. The van der Waals surface area contributed by atoms with Gasteiger partial charge >= 0.3 is 5.97 Å². The molecule has 1 amide bonds. The van der Waals surface area contributed by atoms with Crippen molar-refractivity contribution in [2.45, 2.75) is 58.3 Å². The molecule has 0 N–H and O–H groups in total. The number of esters is 1. The van der Waals surface area contributed by atoms with Gasteiger partial charge in [0.05, 0.1) is 0 Å². The minimum absolute atomic E-state index is 0.161. The molecule has 152 valence electrons. The smallest absolute Gasteiger partial charge is 0.337 e. The van der Waals surface area contributed by atoms with Gasteiger partial charge in [-0.15, -0.1) is 0 Å². The number of hydrogen-bond acceptors (Lipinski definition) is 4.